The van der Waals surface area contributed by atoms with E-state index in [1.807, 2.05) is 0 Å². The van der Waals surface area contributed by atoms with Gasteiger partial charge in [-0.3, -0.25) is 9.69 Å². The SMILES string of the molecule is COc1ccc(-c2noc(CN3C(=O)N[C@@](C)(c4ccc(Cl)cc4)C3=O)n2)cc1. The summed E-state index contributed by atoms with van der Waals surface area (Å²) in [7, 11) is 1.58. The number of urea groups is 1. The number of amides is 3. The number of methoxy groups -OCH3 is 1. The number of nitrogens with zero attached hydrogens (tertiary/aromatic N) is 3. The summed E-state index contributed by atoms with van der Waals surface area (Å²) in [5.74, 6) is 0.808. The minimum Gasteiger partial charge on any atom is -0.497 e. The van der Waals surface area contributed by atoms with Crippen LogP contribution in [0.1, 0.15) is 18.4 Å². The first-order chi connectivity index (χ1) is 13.9. The van der Waals surface area contributed by atoms with Crippen LogP contribution in [0.3, 0.4) is 0 Å². The summed E-state index contributed by atoms with van der Waals surface area (Å²) in [6.07, 6.45) is 0. The molecule has 0 bridgehead atoms. The largest absolute Gasteiger partial charge is 0.497 e. The lowest BCUT2D eigenvalue weighted by Crippen LogP contribution is -2.40. The maximum Gasteiger partial charge on any atom is 0.325 e. The van der Waals surface area contributed by atoms with Gasteiger partial charge in [-0.25, -0.2) is 4.79 Å². The fourth-order valence-electron chi connectivity index (χ4n) is 3.13. The van der Waals surface area contributed by atoms with Crippen LogP contribution >= 0.6 is 11.6 Å². The van der Waals surface area contributed by atoms with Crippen molar-refractivity contribution < 1.29 is 18.8 Å². The van der Waals surface area contributed by atoms with E-state index in [4.69, 9.17) is 20.9 Å². The van der Waals surface area contributed by atoms with Crippen LogP contribution in [0, 0.1) is 0 Å². The number of carbonyl (C=O) groups is 2. The van der Waals surface area contributed by atoms with Crippen LogP contribution in [-0.4, -0.2) is 34.1 Å². The fraction of sp³-hybridized carbons (Fsp3) is 0.200. The molecule has 1 aliphatic heterocycles. The standard InChI is InChI=1S/C20H17ClN4O4/c1-20(13-5-7-14(21)8-6-13)18(26)25(19(27)23-20)11-16-22-17(24-29-16)12-3-9-15(28-2)10-4-12/h3-10H,11H2,1-2H3,(H,23,27)/t20-/m0/s1. The first-order valence-corrected chi connectivity index (χ1v) is 9.15. The quantitative estimate of drug-likeness (QED) is 0.645. The van der Waals surface area contributed by atoms with Gasteiger partial charge in [-0.2, -0.15) is 4.98 Å². The first-order valence-electron chi connectivity index (χ1n) is 8.78. The van der Waals surface area contributed by atoms with Crippen molar-refractivity contribution in [3.63, 3.8) is 0 Å². The molecule has 0 radical (unpaired) electrons. The van der Waals surface area contributed by atoms with E-state index < -0.39 is 17.5 Å². The molecule has 4 rings (SSSR count). The Morgan fingerprint density at radius 3 is 2.48 bits per heavy atom. The van der Waals surface area contributed by atoms with Gasteiger partial charge in [0.25, 0.3) is 5.91 Å². The molecule has 0 unspecified atom stereocenters. The van der Waals surface area contributed by atoms with Gasteiger partial charge >= 0.3 is 6.03 Å². The molecule has 148 valence electrons. The predicted molar refractivity (Wildman–Crippen MR) is 104 cm³/mol. The Morgan fingerprint density at radius 2 is 1.83 bits per heavy atom. The highest BCUT2D eigenvalue weighted by Crippen LogP contribution is 2.30. The Labute approximate surface area is 171 Å². The lowest BCUT2D eigenvalue weighted by Gasteiger charge is -2.22. The van der Waals surface area contributed by atoms with Crippen molar-refractivity contribution in [3.8, 4) is 17.1 Å². The predicted octanol–water partition coefficient (Wildman–Crippen LogP) is 3.37. The number of benzene rings is 2. The number of nitrogens with one attached hydrogen (secondary N) is 1. The molecular formula is C20H17ClN4O4. The lowest BCUT2D eigenvalue weighted by molar-refractivity contribution is -0.131. The summed E-state index contributed by atoms with van der Waals surface area (Å²) < 4.78 is 10.4. The van der Waals surface area contributed by atoms with Gasteiger partial charge in [0.15, 0.2) is 0 Å². The molecule has 1 aromatic heterocycles. The summed E-state index contributed by atoms with van der Waals surface area (Å²) in [6.45, 7) is 1.52. The lowest BCUT2D eigenvalue weighted by atomic mass is 9.92. The van der Waals surface area contributed by atoms with Crippen molar-refractivity contribution in [2.24, 2.45) is 0 Å². The number of halogens is 1. The second-order valence-corrected chi connectivity index (χ2v) is 7.13. The molecule has 3 amide bonds. The topological polar surface area (TPSA) is 97.6 Å². The Hall–Kier alpha value is -3.39. The molecule has 1 atom stereocenters. The summed E-state index contributed by atoms with van der Waals surface area (Å²) in [6, 6.07) is 13.4. The summed E-state index contributed by atoms with van der Waals surface area (Å²) >= 11 is 5.92. The van der Waals surface area contributed by atoms with Crippen molar-refractivity contribution >= 4 is 23.5 Å². The maximum absolute atomic E-state index is 13.0. The van der Waals surface area contributed by atoms with E-state index in [0.29, 0.717) is 22.2 Å². The van der Waals surface area contributed by atoms with Crippen LogP contribution in [0.2, 0.25) is 5.02 Å². The highest BCUT2D eigenvalue weighted by atomic mass is 35.5. The molecule has 9 heteroatoms. The molecule has 0 saturated carbocycles. The Bertz CT molecular complexity index is 1060. The third-order valence-corrected chi connectivity index (χ3v) is 5.06. The molecule has 1 fully saturated rings. The van der Waals surface area contributed by atoms with Crippen molar-refractivity contribution in [1.82, 2.24) is 20.4 Å². The highest BCUT2D eigenvalue weighted by Gasteiger charge is 2.49. The highest BCUT2D eigenvalue weighted by molar-refractivity contribution is 6.30. The number of aromatic nitrogens is 2. The van der Waals surface area contributed by atoms with Gasteiger partial charge in [-0.05, 0) is 48.9 Å². The molecule has 1 saturated heterocycles. The normalized spacial score (nSPS) is 18.8. The molecule has 2 aromatic carbocycles. The van der Waals surface area contributed by atoms with Gasteiger partial charge in [0.2, 0.25) is 11.7 Å². The zero-order chi connectivity index (χ0) is 20.6. The van der Waals surface area contributed by atoms with Crippen LogP contribution in [0.25, 0.3) is 11.4 Å². The number of hydrogen-bond acceptors (Lipinski definition) is 6. The van der Waals surface area contributed by atoms with Crippen molar-refractivity contribution in [2.75, 3.05) is 7.11 Å². The molecule has 0 spiro atoms. The fourth-order valence-corrected chi connectivity index (χ4v) is 3.26. The van der Waals surface area contributed by atoms with Gasteiger partial charge < -0.3 is 14.6 Å². The number of imide groups is 1. The smallest absolute Gasteiger partial charge is 0.325 e. The van der Waals surface area contributed by atoms with E-state index in [9.17, 15) is 9.59 Å². The maximum atomic E-state index is 13.0. The van der Waals surface area contributed by atoms with Crippen LogP contribution in [0.15, 0.2) is 53.1 Å². The van der Waals surface area contributed by atoms with Gasteiger partial charge in [-0.1, -0.05) is 28.9 Å². The second-order valence-electron chi connectivity index (χ2n) is 6.69. The minimum atomic E-state index is -1.19. The zero-order valence-corrected chi connectivity index (χ0v) is 16.4. The van der Waals surface area contributed by atoms with Gasteiger partial charge in [0.1, 0.15) is 17.8 Å². The van der Waals surface area contributed by atoms with Crippen molar-refractivity contribution in [2.45, 2.75) is 19.0 Å². The number of rotatable bonds is 5. The molecule has 8 nitrogen and oxygen atoms in total. The Kier molecular flexibility index (Phi) is 4.71. The number of carbonyl (C=O) groups excluding carboxylic acids is 2. The van der Waals surface area contributed by atoms with Crippen molar-refractivity contribution in [3.05, 3.63) is 65.0 Å². The minimum absolute atomic E-state index is 0.128. The van der Waals surface area contributed by atoms with E-state index in [0.717, 1.165) is 10.5 Å². The number of hydrogen-bond donors (Lipinski definition) is 1. The molecule has 3 aromatic rings. The van der Waals surface area contributed by atoms with Crippen LogP contribution in [0.4, 0.5) is 4.79 Å². The molecular weight excluding hydrogens is 396 g/mol. The van der Waals surface area contributed by atoms with E-state index in [1.165, 1.54) is 0 Å². The van der Waals surface area contributed by atoms with E-state index >= 15 is 0 Å². The van der Waals surface area contributed by atoms with Crippen LogP contribution in [-0.2, 0) is 16.9 Å². The third-order valence-electron chi connectivity index (χ3n) is 4.81. The number of ether oxygens (including phenoxy) is 1. The van der Waals surface area contributed by atoms with E-state index in [2.05, 4.69) is 15.5 Å². The van der Waals surface area contributed by atoms with Gasteiger partial charge in [0, 0.05) is 10.6 Å². The van der Waals surface area contributed by atoms with E-state index in [1.54, 1.807) is 62.6 Å². The van der Waals surface area contributed by atoms with E-state index in [-0.39, 0.29) is 12.4 Å². The summed E-state index contributed by atoms with van der Waals surface area (Å²) in [4.78, 5) is 30.8. The van der Waals surface area contributed by atoms with Crippen LogP contribution in [0.5, 0.6) is 5.75 Å². The third kappa shape index (κ3) is 3.42. The molecule has 0 aliphatic carbocycles. The average Bonchev–Trinajstić information content (AvgIpc) is 3.28. The molecule has 1 N–H and O–H groups in total. The monoisotopic (exact) mass is 412 g/mol. The second kappa shape index (κ2) is 7.21. The first kappa shape index (κ1) is 18.9. The Morgan fingerprint density at radius 1 is 1.14 bits per heavy atom. The van der Waals surface area contributed by atoms with Crippen LogP contribution < -0.4 is 10.1 Å². The summed E-state index contributed by atoms with van der Waals surface area (Å²) in [5, 5.41) is 7.20. The molecule has 2 heterocycles. The average molecular weight is 413 g/mol. The Balaban J connectivity index is 1.54. The summed E-state index contributed by atoms with van der Waals surface area (Å²) in [5.41, 5.74) is 0.164. The van der Waals surface area contributed by atoms with Gasteiger partial charge in [-0.15, -0.1) is 0 Å². The van der Waals surface area contributed by atoms with Gasteiger partial charge in [0.05, 0.1) is 7.11 Å². The van der Waals surface area contributed by atoms with Crippen molar-refractivity contribution in [1.29, 1.82) is 0 Å². The molecule has 1 aliphatic rings. The zero-order valence-electron chi connectivity index (χ0n) is 15.7. The molecule has 29 heavy (non-hydrogen) atoms.